The van der Waals surface area contributed by atoms with Gasteiger partial charge >= 0.3 is 0 Å². The quantitative estimate of drug-likeness (QED) is 0.142. The first-order chi connectivity index (χ1) is 51.2. The van der Waals surface area contributed by atoms with Gasteiger partial charge < -0.3 is 18.8 Å². The minimum atomic E-state index is -0.529. The predicted octanol–water partition coefficient (Wildman–Crippen LogP) is 22.5. The van der Waals surface area contributed by atoms with Crippen LogP contribution in [0.3, 0.4) is 0 Å². The molecule has 17 aromatic rings. The third-order valence-electron chi connectivity index (χ3n) is 20.3. The Hall–Kier alpha value is -11.9. The van der Waals surface area contributed by atoms with E-state index in [1.807, 2.05) is 42.5 Å². The number of nitrogens with zero attached hydrogens (tertiary/aromatic N) is 5. The fraction of sp³-hybridized carbons (Fsp3) is 0.0879. The summed E-state index contributed by atoms with van der Waals surface area (Å²) >= 11 is 0. The summed E-state index contributed by atoms with van der Waals surface area (Å²) < 4.78 is 85.9. The molecular weight excluding hydrogens is 1190 g/mol. The summed E-state index contributed by atoms with van der Waals surface area (Å²) in [5, 5.41) is 3.66. The molecule has 0 unspecified atom stereocenters. The van der Waals surface area contributed by atoms with Gasteiger partial charge in [-0.3, -0.25) is 4.57 Å². The van der Waals surface area contributed by atoms with Gasteiger partial charge in [0.1, 0.15) is 11.4 Å². The van der Waals surface area contributed by atoms with E-state index in [1.54, 1.807) is 0 Å². The lowest BCUT2D eigenvalue weighted by molar-refractivity contribution is 0.590. The smallest absolute Gasteiger partial charge is 0.252 e. The van der Waals surface area contributed by atoms with E-state index in [1.165, 1.54) is 15.7 Å². The van der Waals surface area contributed by atoms with Gasteiger partial charge in [0, 0.05) is 72.3 Å². The molecule has 0 saturated carbocycles. The summed E-state index contributed by atoms with van der Waals surface area (Å²) in [4.78, 5) is 10.6. The third kappa shape index (κ3) is 8.92. The molecule has 466 valence electrons. The van der Waals surface area contributed by atoms with Crippen LogP contribution in [-0.2, 0) is 10.8 Å². The molecule has 6 heterocycles. The third-order valence-corrected chi connectivity index (χ3v) is 20.3. The molecule has 0 aliphatic carbocycles. The van der Waals surface area contributed by atoms with Crippen LogP contribution in [0.1, 0.15) is 63.6 Å². The molecule has 13 aromatic carbocycles. The Morgan fingerprint density at radius 2 is 0.908 bits per heavy atom. The fourth-order valence-corrected chi connectivity index (χ4v) is 15.6. The van der Waals surface area contributed by atoms with Gasteiger partial charge in [0.25, 0.3) is 6.71 Å². The first kappa shape index (κ1) is 49.6. The first-order valence-electron chi connectivity index (χ1n) is 37.6. The van der Waals surface area contributed by atoms with Crippen LogP contribution < -0.4 is 26.2 Å². The number of furan rings is 1. The van der Waals surface area contributed by atoms with Gasteiger partial charge in [0.15, 0.2) is 5.58 Å². The van der Waals surface area contributed by atoms with E-state index < -0.39 is 55.1 Å². The highest BCUT2D eigenvalue weighted by molar-refractivity contribution is 7.00. The van der Waals surface area contributed by atoms with E-state index in [-0.39, 0.29) is 38.5 Å². The number of aromatic nitrogens is 3. The number of benzene rings is 13. The van der Waals surface area contributed by atoms with Crippen LogP contribution in [0.25, 0.3) is 122 Å². The monoisotopic (exact) mass is 1270 g/mol. The van der Waals surface area contributed by atoms with Crippen LogP contribution in [-0.4, -0.2) is 20.8 Å². The van der Waals surface area contributed by atoms with E-state index in [0.717, 1.165) is 122 Å². The number of hydrogen-bond acceptors (Lipinski definition) is 4. The molecule has 2 aliphatic rings. The zero-order valence-electron chi connectivity index (χ0n) is 63.0. The highest BCUT2D eigenvalue weighted by Crippen LogP contribution is 2.50. The van der Waals surface area contributed by atoms with Crippen molar-refractivity contribution in [3.8, 4) is 56.1 Å². The second kappa shape index (κ2) is 21.8. The summed E-state index contributed by atoms with van der Waals surface area (Å²) in [5.74, 6) is 0.154. The summed E-state index contributed by atoms with van der Waals surface area (Å²) in [7, 11) is 0. The highest BCUT2D eigenvalue weighted by Gasteiger charge is 2.44. The average Bonchev–Trinajstić information content (AvgIpc) is 1.34. The van der Waals surface area contributed by atoms with Gasteiger partial charge in [0.05, 0.1) is 55.8 Å². The molecule has 0 saturated heterocycles. The van der Waals surface area contributed by atoms with Crippen molar-refractivity contribution < 1.29 is 15.4 Å². The van der Waals surface area contributed by atoms with Crippen molar-refractivity contribution >= 4 is 123 Å². The largest absolute Gasteiger partial charge is 0.454 e. The molecule has 0 bridgehead atoms. The lowest BCUT2D eigenvalue weighted by Crippen LogP contribution is -2.61. The lowest BCUT2D eigenvalue weighted by Gasteiger charge is -2.45. The fourth-order valence-electron chi connectivity index (χ4n) is 15.6. The number of pyridine rings is 1. The van der Waals surface area contributed by atoms with Crippen molar-refractivity contribution in [1.82, 2.24) is 14.1 Å². The van der Waals surface area contributed by atoms with Crippen molar-refractivity contribution in [2.45, 2.75) is 52.4 Å². The number of fused-ring (bicyclic) bond motifs is 14. The van der Waals surface area contributed by atoms with Crippen LogP contribution in [0.5, 0.6) is 0 Å². The molecule has 98 heavy (non-hydrogen) atoms. The van der Waals surface area contributed by atoms with Crippen LogP contribution in [0.15, 0.2) is 308 Å². The normalized spacial score (nSPS) is 14.1. The SMILES string of the molecule is [2H]c1c([2H])c([2H])c2c(c1[2H])c1c([2H])c([2H])c([2H])c([2H])c1n2-c1cc(-n2c3ccccc3c3ccc4c5ccccc5oc4c32)cc(-c2ccc3c(c2)B2c4cc(-c5cccc(C(C)(C)C)c5)ccc4N(c4ccc(C(C)(C)C)cc4-c4ccccc4)c4cccc(c42)N3c2ccccc2-c2ccccc2)n1. The molecule has 0 N–H and O–H groups in total. The van der Waals surface area contributed by atoms with Gasteiger partial charge in [-0.15, -0.1) is 0 Å². The predicted molar refractivity (Wildman–Crippen MR) is 413 cm³/mol. The summed E-state index contributed by atoms with van der Waals surface area (Å²) in [6, 6.07) is 86.7. The Bertz CT molecular complexity index is 6550. The second-order valence-electron chi connectivity index (χ2n) is 28.1. The Kier molecular flexibility index (Phi) is 11.0. The van der Waals surface area contributed by atoms with Gasteiger partial charge in [-0.25, -0.2) is 4.98 Å². The second-order valence-corrected chi connectivity index (χ2v) is 28.1. The Labute approximate surface area is 581 Å². The maximum absolute atomic E-state index is 9.80. The molecule has 4 aromatic heterocycles. The summed E-state index contributed by atoms with van der Waals surface area (Å²) in [6.45, 7) is 13.1. The number of para-hydroxylation sites is 5. The minimum Gasteiger partial charge on any atom is -0.454 e. The molecule has 0 amide bonds. The molecule has 0 atom stereocenters. The number of hydrogen-bond donors (Lipinski definition) is 0. The zero-order chi connectivity index (χ0) is 72.7. The summed E-state index contributed by atoms with van der Waals surface area (Å²) in [6.07, 6.45) is 0. The van der Waals surface area contributed by atoms with Crippen LogP contribution in [0.4, 0.5) is 34.1 Å². The molecule has 0 radical (unpaired) electrons. The van der Waals surface area contributed by atoms with E-state index in [9.17, 15) is 8.22 Å². The average molecular weight is 1270 g/mol. The molecule has 6 nitrogen and oxygen atoms in total. The van der Waals surface area contributed by atoms with E-state index in [4.69, 9.17) is 12.1 Å². The molecule has 0 fully saturated rings. The van der Waals surface area contributed by atoms with E-state index >= 15 is 0 Å². The van der Waals surface area contributed by atoms with Crippen molar-refractivity contribution in [2.75, 3.05) is 9.80 Å². The van der Waals surface area contributed by atoms with Gasteiger partial charge in [0.2, 0.25) is 0 Å². The van der Waals surface area contributed by atoms with Crippen LogP contribution >= 0.6 is 0 Å². The van der Waals surface area contributed by atoms with Crippen LogP contribution in [0, 0.1) is 0 Å². The van der Waals surface area contributed by atoms with Crippen molar-refractivity contribution in [2.24, 2.45) is 0 Å². The molecule has 2 aliphatic heterocycles. The minimum absolute atomic E-state index is 0.0385. The topological polar surface area (TPSA) is 42.4 Å². The molecule has 19 rings (SSSR count). The molecule has 7 heteroatoms. The maximum atomic E-state index is 9.80. The Morgan fingerprint density at radius 1 is 0.367 bits per heavy atom. The first-order valence-corrected chi connectivity index (χ1v) is 33.6. The van der Waals surface area contributed by atoms with Crippen LogP contribution in [0.2, 0.25) is 0 Å². The van der Waals surface area contributed by atoms with Crippen molar-refractivity contribution in [3.63, 3.8) is 0 Å². The zero-order valence-corrected chi connectivity index (χ0v) is 55.0. The Balaban J connectivity index is 0.944. The van der Waals surface area contributed by atoms with Gasteiger partial charge in [-0.05, 0) is 145 Å². The van der Waals surface area contributed by atoms with Gasteiger partial charge in [-0.2, -0.15) is 0 Å². The van der Waals surface area contributed by atoms with E-state index in [2.05, 4.69) is 268 Å². The lowest BCUT2D eigenvalue weighted by atomic mass is 9.33. The standard InChI is InChI=1S/C91H68BN5O/c1-90(2,3)62-30-23-29-59(51-62)60-43-48-81-73(52-60)92-74-53-61(44-49-82(74)95(76-36-18-13-31-65(76)57-25-9-7-10-26-57)83-40-24-41-84(87(83)92)96(81)80-50-45-63(91(4,5)6)54-72(80)58-27-11-8-12-28-58)75-55-64(56-86(93-75)97-78-38-20-14-32-66(78)67-33-15-21-39-79(67)97)94-77-37-19-16-34-68(77)70-46-47-71-69-35-17-22-42-85(69)98-89(71)88(70)94/h7-56H,1-6H3/i14D,15D,20D,21D,32D,33D,38D,39D. The van der Waals surface area contributed by atoms with Crippen molar-refractivity contribution in [3.05, 3.63) is 314 Å². The van der Waals surface area contributed by atoms with Crippen molar-refractivity contribution in [1.29, 1.82) is 0 Å². The number of rotatable bonds is 8. The highest BCUT2D eigenvalue weighted by atomic mass is 16.3. The number of anilines is 6. The Morgan fingerprint density at radius 3 is 1.62 bits per heavy atom. The summed E-state index contributed by atoms with van der Waals surface area (Å²) in [5.41, 5.74) is 22.5. The van der Waals surface area contributed by atoms with Gasteiger partial charge in [-0.1, -0.05) is 260 Å². The van der Waals surface area contributed by atoms with E-state index in [0.29, 0.717) is 22.5 Å². The maximum Gasteiger partial charge on any atom is 0.252 e. The molecular formula is C91H68BN5O. The molecule has 0 spiro atoms.